The van der Waals surface area contributed by atoms with Crippen molar-refractivity contribution in [3.8, 4) is 0 Å². The van der Waals surface area contributed by atoms with Crippen molar-refractivity contribution >= 4 is 34.2 Å². The van der Waals surface area contributed by atoms with E-state index in [1.807, 2.05) is 55.5 Å². The summed E-state index contributed by atoms with van der Waals surface area (Å²) >= 11 is 2.23. The standard InChI is InChI=1S/C24H27FINO3/c1-15-21(23(2,3)25)20(11-12-28)30-24(15)18-13-17(26)9-10-19(18)27(22(24)29)14-16-7-5-4-6-8-16/h4-10,13,15,20-21,28H,11-12,14H2,1-3H3/t15-,20+,21-,24+/m0/s1. The van der Waals surface area contributed by atoms with E-state index in [9.17, 15) is 9.90 Å². The van der Waals surface area contributed by atoms with Gasteiger partial charge in [-0.05, 0) is 66.6 Å². The van der Waals surface area contributed by atoms with Crippen molar-refractivity contribution in [3.63, 3.8) is 0 Å². The molecule has 1 N–H and O–H groups in total. The van der Waals surface area contributed by atoms with Crippen molar-refractivity contribution in [2.45, 2.75) is 51.1 Å². The summed E-state index contributed by atoms with van der Waals surface area (Å²) in [6, 6.07) is 15.8. The number of alkyl halides is 1. The van der Waals surface area contributed by atoms with E-state index in [-0.39, 0.29) is 18.4 Å². The fraction of sp³-hybridized carbons (Fsp3) is 0.458. The Bertz CT molecular complexity index is 945. The third kappa shape index (κ3) is 3.37. The summed E-state index contributed by atoms with van der Waals surface area (Å²) in [7, 11) is 0. The monoisotopic (exact) mass is 523 g/mol. The van der Waals surface area contributed by atoms with Crippen LogP contribution in [0.15, 0.2) is 48.5 Å². The highest BCUT2D eigenvalue weighted by Crippen LogP contribution is 2.58. The smallest absolute Gasteiger partial charge is 0.264 e. The van der Waals surface area contributed by atoms with E-state index in [1.165, 1.54) is 13.8 Å². The van der Waals surface area contributed by atoms with E-state index >= 15 is 4.39 Å². The number of aliphatic hydroxyl groups excluding tert-OH is 1. The summed E-state index contributed by atoms with van der Waals surface area (Å²) in [6.07, 6.45) is -0.230. The first kappa shape index (κ1) is 21.7. The van der Waals surface area contributed by atoms with Crippen molar-refractivity contribution in [3.05, 3.63) is 63.2 Å². The minimum absolute atomic E-state index is 0.110. The molecule has 1 amide bonds. The third-order valence-corrected chi connectivity index (χ3v) is 7.19. The topological polar surface area (TPSA) is 49.8 Å². The molecule has 0 aliphatic carbocycles. The quantitative estimate of drug-likeness (QED) is 0.573. The van der Waals surface area contributed by atoms with Crippen LogP contribution in [0.4, 0.5) is 10.1 Å². The Morgan fingerprint density at radius 2 is 1.93 bits per heavy atom. The van der Waals surface area contributed by atoms with Crippen LogP contribution in [0.1, 0.15) is 38.3 Å². The molecular weight excluding hydrogens is 496 g/mol. The fourth-order valence-corrected chi connectivity index (χ4v) is 5.83. The molecule has 4 atom stereocenters. The van der Waals surface area contributed by atoms with Gasteiger partial charge in [0.2, 0.25) is 0 Å². The van der Waals surface area contributed by atoms with Gasteiger partial charge in [-0.15, -0.1) is 0 Å². The predicted octanol–water partition coefficient (Wildman–Crippen LogP) is 4.81. The molecule has 0 aromatic heterocycles. The lowest BCUT2D eigenvalue weighted by Crippen LogP contribution is -2.45. The van der Waals surface area contributed by atoms with Gasteiger partial charge < -0.3 is 14.7 Å². The Kier molecular flexibility index (Phi) is 5.70. The maximum Gasteiger partial charge on any atom is 0.264 e. The summed E-state index contributed by atoms with van der Waals surface area (Å²) in [6.45, 7) is 5.31. The second-order valence-corrected chi connectivity index (χ2v) is 10.1. The minimum atomic E-state index is -1.54. The van der Waals surface area contributed by atoms with Gasteiger partial charge in [-0.2, -0.15) is 0 Å². The number of aliphatic hydroxyl groups is 1. The summed E-state index contributed by atoms with van der Waals surface area (Å²) in [5.41, 5.74) is -0.141. The van der Waals surface area contributed by atoms with E-state index < -0.39 is 23.3 Å². The van der Waals surface area contributed by atoms with Crippen LogP contribution < -0.4 is 4.90 Å². The number of fused-ring (bicyclic) bond motifs is 2. The first-order valence-electron chi connectivity index (χ1n) is 10.3. The Hall–Kier alpha value is -1.51. The number of amides is 1. The third-order valence-electron chi connectivity index (χ3n) is 6.52. The number of hydrogen-bond donors (Lipinski definition) is 1. The SMILES string of the molecule is C[C@H]1[C@H](C(C)(C)F)[C@@H](CCO)O[C@]12C(=O)N(Cc1ccccc1)c1ccc(I)cc12. The van der Waals surface area contributed by atoms with Gasteiger partial charge >= 0.3 is 0 Å². The molecule has 30 heavy (non-hydrogen) atoms. The Labute approximate surface area is 190 Å². The van der Waals surface area contributed by atoms with Crippen LogP contribution in [0.25, 0.3) is 0 Å². The zero-order valence-corrected chi connectivity index (χ0v) is 19.6. The molecule has 0 saturated carbocycles. The van der Waals surface area contributed by atoms with Crippen LogP contribution in [0.2, 0.25) is 0 Å². The lowest BCUT2D eigenvalue weighted by molar-refractivity contribution is -0.146. The number of halogens is 2. The molecule has 4 nitrogen and oxygen atoms in total. The molecule has 2 aromatic carbocycles. The van der Waals surface area contributed by atoms with Crippen LogP contribution in [-0.4, -0.2) is 29.4 Å². The highest BCUT2D eigenvalue weighted by Gasteiger charge is 2.66. The van der Waals surface area contributed by atoms with Crippen LogP contribution >= 0.6 is 22.6 Å². The molecule has 2 heterocycles. The van der Waals surface area contributed by atoms with Gasteiger partial charge in [0.15, 0.2) is 5.60 Å². The fourth-order valence-electron chi connectivity index (χ4n) is 5.34. The van der Waals surface area contributed by atoms with Gasteiger partial charge in [-0.1, -0.05) is 37.3 Å². The predicted molar refractivity (Wildman–Crippen MR) is 123 cm³/mol. The van der Waals surface area contributed by atoms with Crippen molar-refractivity contribution in [1.82, 2.24) is 0 Å². The minimum Gasteiger partial charge on any atom is -0.396 e. The highest BCUT2D eigenvalue weighted by molar-refractivity contribution is 14.1. The number of rotatable bonds is 5. The molecule has 1 saturated heterocycles. The number of anilines is 1. The van der Waals surface area contributed by atoms with Gasteiger partial charge in [-0.25, -0.2) is 4.39 Å². The molecule has 0 unspecified atom stereocenters. The second-order valence-electron chi connectivity index (χ2n) is 8.82. The van der Waals surface area contributed by atoms with Gasteiger partial charge in [-0.3, -0.25) is 4.79 Å². The summed E-state index contributed by atoms with van der Waals surface area (Å²) in [5.74, 6) is -1.03. The lowest BCUT2D eigenvalue weighted by Gasteiger charge is -2.32. The zero-order valence-electron chi connectivity index (χ0n) is 17.4. The molecule has 2 aliphatic heterocycles. The van der Waals surface area contributed by atoms with Crippen molar-refractivity contribution in [2.24, 2.45) is 11.8 Å². The molecule has 1 spiro atoms. The Morgan fingerprint density at radius 3 is 2.57 bits per heavy atom. The molecule has 0 bridgehead atoms. The Balaban J connectivity index is 1.83. The van der Waals surface area contributed by atoms with Crippen molar-refractivity contribution in [2.75, 3.05) is 11.5 Å². The summed E-state index contributed by atoms with van der Waals surface area (Å²) < 4.78 is 22.8. The van der Waals surface area contributed by atoms with Gasteiger partial charge in [0.05, 0.1) is 18.3 Å². The number of carbonyl (C=O) groups is 1. The molecule has 1 fully saturated rings. The van der Waals surface area contributed by atoms with E-state index in [0.717, 1.165) is 20.4 Å². The second kappa shape index (κ2) is 7.88. The van der Waals surface area contributed by atoms with E-state index in [0.29, 0.717) is 13.0 Å². The molecule has 4 rings (SSSR count). The van der Waals surface area contributed by atoms with Crippen LogP contribution in [-0.2, 0) is 21.7 Å². The number of carbonyl (C=O) groups excluding carboxylic acids is 1. The van der Waals surface area contributed by atoms with E-state index in [4.69, 9.17) is 4.74 Å². The first-order valence-corrected chi connectivity index (χ1v) is 11.4. The maximum atomic E-state index is 15.3. The zero-order chi connectivity index (χ0) is 21.7. The largest absolute Gasteiger partial charge is 0.396 e. The van der Waals surface area contributed by atoms with E-state index in [2.05, 4.69) is 22.6 Å². The van der Waals surface area contributed by atoms with Crippen LogP contribution in [0, 0.1) is 15.4 Å². The number of hydrogen-bond acceptors (Lipinski definition) is 3. The van der Waals surface area contributed by atoms with Gasteiger partial charge in [0.25, 0.3) is 5.91 Å². The maximum absolute atomic E-state index is 15.3. The average Bonchev–Trinajstić information content (AvgIpc) is 3.10. The molecule has 6 heteroatoms. The highest BCUT2D eigenvalue weighted by atomic mass is 127. The van der Waals surface area contributed by atoms with Crippen molar-refractivity contribution < 1.29 is 19.0 Å². The normalized spacial score (nSPS) is 28.4. The molecular formula is C24H27FINO3. The van der Waals surface area contributed by atoms with Crippen molar-refractivity contribution in [1.29, 1.82) is 0 Å². The summed E-state index contributed by atoms with van der Waals surface area (Å²) in [5, 5.41) is 9.58. The summed E-state index contributed by atoms with van der Waals surface area (Å²) in [4.78, 5) is 15.7. The number of benzene rings is 2. The number of nitrogens with zero attached hydrogens (tertiary/aromatic N) is 1. The van der Waals surface area contributed by atoms with Crippen LogP contribution in [0.3, 0.4) is 0 Å². The molecule has 160 valence electrons. The molecule has 0 radical (unpaired) electrons. The average molecular weight is 523 g/mol. The van der Waals surface area contributed by atoms with Crippen LogP contribution in [0.5, 0.6) is 0 Å². The lowest BCUT2D eigenvalue weighted by atomic mass is 9.71. The van der Waals surface area contributed by atoms with Gasteiger partial charge in [0.1, 0.15) is 5.67 Å². The van der Waals surface area contributed by atoms with E-state index in [1.54, 1.807) is 4.90 Å². The Morgan fingerprint density at radius 1 is 1.23 bits per heavy atom. The molecule has 2 aliphatic rings. The first-order chi connectivity index (χ1) is 14.2. The van der Waals surface area contributed by atoms with Gasteiger partial charge in [0, 0.05) is 27.6 Å². The number of ether oxygens (including phenoxy) is 1. The molecule has 2 aromatic rings.